The smallest absolute Gasteiger partial charge is 0.251 e. The van der Waals surface area contributed by atoms with Gasteiger partial charge in [0.1, 0.15) is 0 Å². The van der Waals surface area contributed by atoms with Gasteiger partial charge in [0.2, 0.25) is 0 Å². The molecule has 0 aliphatic rings. The van der Waals surface area contributed by atoms with Gasteiger partial charge in [0.25, 0.3) is 5.56 Å². The predicted octanol–water partition coefficient (Wildman–Crippen LogP) is 3.43. The van der Waals surface area contributed by atoms with Crippen LogP contribution in [0, 0.1) is 0 Å². The minimum absolute atomic E-state index is 0.140. The molecule has 2 rings (SSSR count). The van der Waals surface area contributed by atoms with Crippen LogP contribution in [-0.4, -0.2) is 28.2 Å². The van der Waals surface area contributed by atoms with Crippen LogP contribution in [0.2, 0.25) is 10.0 Å². The molecule has 1 N–H and O–H groups in total. The van der Waals surface area contributed by atoms with Crippen LogP contribution < -0.4 is 5.56 Å². The van der Waals surface area contributed by atoms with Crippen molar-refractivity contribution in [1.82, 2.24) is 14.9 Å². The molecule has 0 aliphatic carbocycles. The molecular weight excluding hydrogens is 329 g/mol. The average molecular weight is 344 g/mol. The molecule has 4 nitrogen and oxygen atoms in total. The molecule has 0 radical (unpaired) electrons. The van der Waals surface area contributed by atoms with E-state index in [1.807, 2.05) is 30.3 Å². The molecule has 0 aliphatic heterocycles. The number of benzene rings is 1. The van der Waals surface area contributed by atoms with Gasteiger partial charge in [-0.3, -0.25) is 9.69 Å². The fourth-order valence-corrected chi connectivity index (χ4v) is 2.75. The number of hydrogen-bond acceptors (Lipinski definition) is 4. The van der Waals surface area contributed by atoms with E-state index in [0.29, 0.717) is 28.3 Å². The molecule has 0 saturated carbocycles. The lowest BCUT2D eigenvalue weighted by Crippen LogP contribution is -2.20. The number of nitrogens with one attached hydrogen (secondary N) is 1. The molecule has 0 spiro atoms. The minimum Gasteiger partial charge on any atom is -0.301 e. The third-order valence-electron chi connectivity index (χ3n) is 2.87. The van der Waals surface area contributed by atoms with Crippen LogP contribution in [0.5, 0.6) is 0 Å². The van der Waals surface area contributed by atoms with Crippen LogP contribution in [0.25, 0.3) is 0 Å². The first-order valence-electron chi connectivity index (χ1n) is 6.25. The van der Waals surface area contributed by atoms with E-state index in [1.54, 1.807) is 6.07 Å². The lowest BCUT2D eigenvalue weighted by Gasteiger charge is -2.17. The Balaban J connectivity index is 2.11. The zero-order chi connectivity index (χ0) is 15.4. The van der Waals surface area contributed by atoms with Crippen molar-refractivity contribution in [2.24, 2.45) is 0 Å². The van der Waals surface area contributed by atoms with Crippen molar-refractivity contribution in [3.05, 3.63) is 55.9 Å². The summed E-state index contributed by atoms with van der Waals surface area (Å²) in [5.41, 5.74) is 1.53. The minimum atomic E-state index is -0.140. The number of nitrogens with zero attached hydrogens (tertiary/aromatic N) is 2. The van der Waals surface area contributed by atoms with Gasteiger partial charge in [0.05, 0.1) is 15.7 Å². The van der Waals surface area contributed by atoms with Crippen molar-refractivity contribution in [3.8, 4) is 0 Å². The number of thioether (sulfide) groups is 1. The van der Waals surface area contributed by atoms with Gasteiger partial charge in [-0.25, -0.2) is 4.98 Å². The van der Waals surface area contributed by atoms with Crippen molar-refractivity contribution in [1.29, 1.82) is 0 Å². The molecule has 0 amide bonds. The van der Waals surface area contributed by atoms with Crippen LogP contribution in [0.3, 0.4) is 0 Å². The van der Waals surface area contributed by atoms with Crippen LogP contribution in [0.1, 0.15) is 11.3 Å². The molecule has 21 heavy (non-hydrogen) atoms. The van der Waals surface area contributed by atoms with Gasteiger partial charge < -0.3 is 4.98 Å². The summed E-state index contributed by atoms with van der Waals surface area (Å²) < 4.78 is 0. The third-order valence-corrected chi connectivity index (χ3v) is 4.31. The second kappa shape index (κ2) is 7.31. The summed E-state index contributed by atoms with van der Waals surface area (Å²) in [6, 6.07) is 7.07. The van der Waals surface area contributed by atoms with E-state index in [4.69, 9.17) is 23.2 Å². The van der Waals surface area contributed by atoms with Gasteiger partial charge in [-0.15, -0.1) is 0 Å². The molecule has 0 saturated heterocycles. The van der Waals surface area contributed by atoms with Gasteiger partial charge in [-0.1, -0.05) is 47.1 Å². The lowest BCUT2D eigenvalue weighted by atomic mass is 10.2. The fourth-order valence-electron chi connectivity index (χ4n) is 1.95. The van der Waals surface area contributed by atoms with Crippen LogP contribution in [0.4, 0.5) is 0 Å². The Morgan fingerprint density at radius 2 is 2.10 bits per heavy atom. The van der Waals surface area contributed by atoms with Crippen molar-refractivity contribution >= 4 is 35.0 Å². The fraction of sp³-hybridized carbons (Fsp3) is 0.286. The zero-order valence-corrected chi connectivity index (χ0v) is 14.0. The summed E-state index contributed by atoms with van der Waals surface area (Å²) >= 11 is 13.6. The average Bonchev–Trinajstić information content (AvgIpc) is 2.43. The molecule has 1 aromatic heterocycles. The van der Waals surface area contributed by atoms with Crippen molar-refractivity contribution in [3.63, 3.8) is 0 Å². The molecule has 1 heterocycles. The number of H-pyrrole nitrogens is 1. The Hall–Kier alpha value is -1.01. The highest BCUT2D eigenvalue weighted by Gasteiger charge is 2.09. The molecule has 0 fully saturated rings. The topological polar surface area (TPSA) is 49.0 Å². The van der Waals surface area contributed by atoms with Crippen LogP contribution in [-0.2, 0) is 13.1 Å². The molecular formula is C14H15Cl2N3OS. The number of aromatic amines is 1. The second-order valence-electron chi connectivity index (χ2n) is 4.63. The van der Waals surface area contributed by atoms with E-state index < -0.39 is 0 Å². The number of halogens is 2. The van der Waals surface area contributed by atoms with Crippen LogP contribution in [0.15, 0.2) is 34.2 Å². The molecule has 0 bridgehead atoms. The molecule has 1 aromatic carbocycles. The first-order chi connectivity index (χ1) is 9.99. The van der Waals surface area contributed by atoms with E-state index >= 15 is 0 Å². The summed E-state index contributed by atoms with van der Waals surface area (Å²) in [7, 11) is 1.94. The third kappa shape index (κ3) is 4.48. The van der Waals surface area contributed by atoms with Gasteiger partial charge in [0, 0.05) is 19.2 Å². The number of aromatic nitrogens is 2. The van der Waals surface area contributed by atoms with Gasteiger partial charge in [-0.2, -0.15) is 0 Å². The zero-order valence-electron chi connectivity index (χ0n) is 11.7. The molecule has 0 unspecified atom stereocenters. The Morgan fingerprint density at radius 1 is 1.33 bits per heavy atom. The molecule has 112 valence electrons. The normalized spacial score (nSPS) is 11.1. The number of hydrogen-bond donors (Lipinski definition) is 1. The quantitative estimate of drug-likeness (QED) is 0.667. The van der Waals surface area contributed by atoms with E-state index in [1.165, 1.54) is 17.8 Å². The van der Waals surface area contributed by atoms with E-state index in [-0.39, 0.29) is 5.56 Å². The standard InChI is InChI=1S/C14H15Cl2N3OS/c1-19(7-9-4-3-5-11(15)13(9)16)8-10-6-12(20)18-14(17-10)21-2/h3-6H,7-8H2,1-2H3,(H,17,18,20). The first kappa shape index (κ1) is 16.4. The summed E-state index contributed by atoms with van der Waals surface area (Å²) in [5.74, 6) is 0. The Labute approximate surface area is 137 Å². The van der Waals surface area contributed by atoms with Crippen molar-refractivity contribution in [2.75, 3.05) is 13.3 Å². The van der Waals surface area contributed by atoms with E-state index in [0.717, 1.165) is 11.3 Å². The van der Waals surface area contributed by atoms with Crippen molar-refractivity contribution < 1.29 is 0 Å². The van der Waals surface area contributed by atoms with Crippen molar-refractivity contribution in [2.45, 2.75) is 18.2 Å². The molecule has 0 atom stereocenters. The Morgan fingerprint density at radius 3 is 2.81 bits per heavy atom. The highest BCUT2D eigenvalue weighted by Crippen LogP contribution is 2.26. The van der Waals surface area contributed by atoms with Gasteiger partial charge in [-0.05, 0) is 24.9 Å². The summed E-state index contributed by atoms with van der Waals surface area (Å²) in [6.07, 6.45) is 1.87. The summed E-state index contributed by atoms with van der Waals surface area (Å²) in [6.45, 7) is 1.18. The monoisotopic (exact) mass is 343 g/mol. The molecule has 2 aromatic rings. The van der Waals surface area contributed by atoms with E-state index in [9.17, 15) is 4.79 Å². The highest BCUT2D eigenvalue weighted by molar-refractivity contribution is 7.98. The maximum absolute atomic E-state index is 11.5. The maximum Gasteiger partial charge on any atom is 0.251 e. The van der Waals surface area contributed by atoms with Gasteiger partial charge >= 0.3 is 0 Å². The van der Waals surface area contributed by atoms with E-state index in [2.05, 4.69) is 9.97 Å². The lowest BCUT2D eigenvalue weighted by molar-refractivity contribution is 0.314. The Kier molecular flexibility index (Phi) is 5.70. The SMILES string of the molecule is CSc1nc(CN(C)Cc2cccc(Cl)c2Cl)cc(=O)[nH]1. The Bertz CT molecular complexity index is 690. The van der Waals surface area contributed by atoms with Gasteiger partial charge in [0.15, 0.2) is 5.16 Å². The second-order valence-corrected chi connectivity index (χ2v) is 6.21. The summed E-state index contributed by atoms with van der Waals surface area (Å²) in [5, 5.41) is 1.72. The predicted molar refractivity (Wildman–Crippen MR) is 88.3 cm³/mol. The maximum atomic E-state index is 11.5. The highest BCUT2D eigenvalue weighted by atomic mass is 35.5. The number of rotatable bonds is 5. The molecule has 7 heteroatoms. The largest absolute Gasteiger partial charge is 0.301 e. The van der Waals surface area contributed by atoms with Crippen LogP contribution >= 0.6 is 35.0 Å². The first-order valence-corrected chi connectivity index (χ1v) is 8.23. The summed E-state index contributed by atoms with van der Waals surface area (Å²) in [4.78, 5) is 20.6.